The second kappa shape index (κ2) is 8.64. The van der Waals surface area contributed by atoms with E-state index >= 15 is 0 Å². The van der Waals surface area contributed by atoms with Crippen molar-refractivity contribution in [2.75, 3.05) is 11.9 Å². The fourth-order valence-electron chi connectivity index (χ4n) is 1.54. The van der Waals surface area contributed by atoms with E-state index in [-0.39, 0.29) is 11.7 Å². The average Bonchev–Trinajstić information content (AvgIpc) is 2.33. The minimum absolute atomic E-state index is 0.164. The van der Waals surface area contributed by atoms with E-state index in [0.29, 0.717) is 16.6 Å². The van der Waals surface area contributed by atoms with Crippen LogP contribution in [0.2, 0.25) is 0 Å². The molecule has 5 heteroatoms. The van der Waals surface area contributed by atoms with Crippen molar-refractivity contribution in [1.82, 2.24) is 5.32 Å². The lowest BCUT2D eigenvalue weighted by Gasteiger charge is -2.06. The van der Waals surface area contributed by atoms with Gasteiger partial charge in [0.1, 0.15) is 5.82 Å². The van der Waals surface area contributed by atoms with Crippen LogP contribution in [0.3, 0.4) is 0 Å². The van der Waals surface area contributed by atoms with Crippen LogP contribution in [0, 0.1) is 5.82 Å². The zero-order valence-corrected chi connectivity index (χ0v) is 13.2. The first-order valence-electron chi connectivity index (χ1n) is 5.94. The van der Waals surface area contributed by atoms with Gasteiger partial charge in [-0.25, -0.2) is 4.39 Å². The van der Waals surface area contributed by atoms with E-state index in [1.54, 1.807) is 0 Å². The molecule has 0 radical (unpaired) electrons. The van der Waals surface area contributed by atoms with Crippen molar-refractivity contribution in [3.05, 3.63) is 34.1 Å². The van der Waals surface area contributed by atoms with Gasteiger partial charge in [-0.05, 0) is 47.0 Å². The van der Waals surface area contributed by atoms with Gasteiger partial charge in [-0.1, -0.05) is 28.8 Å². The second-order valence-corrected chi connectivity index (χ2v) is 5.63. The average molecular weight is 381 g/mol. The molecule has 0 aliphatic rings. The number of carbonyl (C=O) groups is 1. The molecule has 0 saturated heterocycles. The zero-order valence-electron chi connectivity index (χ0n) is 10.0. The van der Waals surface area contributed by atoms with Crippen molar-refractivity contribution in [2.24, 2.45) is 0 Å². The molecular weight excluding hydrogens is 365 g/mol. The van der Waals surface area contributed by atoms with Gasteiger partial charge in [-0.15, -0.1) is 0 Å². The molecule has 100 valence electrons. The van der Waals surface area contributed by atoms with E-state index in [0.717, 1.165) is 24.6 Å². The van der Waals surface area contributed by atoms with Crippen LogP contribution in [0.1, 0.15) is 36.0 Å². The maximum Gasteiger partial charge on any atom is 0.252 e. The molecule has 0 aromatic heterocycles. The smallest absolute Gasteiger partial charge is 0.252 e. The Labute approximate surface area is 124 Å². The van der Waals surface area contributed by atoms with Gasteiger partial charge in [0.25, 0.3) is 5.91 Å². The molecule has 2 nitrogen and oxygen atoms in total. The van der Waals surface area contributed by atoms with Crippen molar-refractivity contribution in [2.45, 2.75) is 25.7 Å². The Bertz CT molecular complexity index is 399. The molecule has 0 heterocycles. The van der Waals surface area contributed by atoms with Gasteiger partial charge in [-0.3, -0.25) is 4.79 Å². The van der Waals surface area contributed by atoms with E-state index in [1.807, 2.05) is 0 Å². The van der Waals surface area contributed by atoms with Gasteiger partial charge < -0.3 is 5.32 Å². The highest BCUT2D eigenvalue weighted by Crippen LogP contribution is 2.17. The van der Waals surface area contributed by atoms with Crippen molar-refractivity contribution in [3.8, 4) is 0 Å². The van der Waals surface area contributed by atoms with Crippen LogP contribution >= 0.6 is 31.9 Å². The van der Waals surface area contributed by atoms with E-state index in [4.69, 9.17) is 0 Å². The number of hydrogen-bond acceptors (Lipinski definition) is 1. The Morgan fingerprint density at radius 1 is 1.22 bits per heavy atom. The number of hydrogen-bond donors (Lipinski definition) is 1. The number of nitrogens with one attached hydrogen (secondary N) is 1. The summed E-state index contributed by atoms with van der Waals surface area (Å²) in [5.41, 5.74) is 0.469. The van der Waals surface area contributed by atoms with Crippen LogP contribution in [-0.4, -0.2) is 17.8 Å². The van der Waals surface area contributed by atoms with Gasteiger partial charge in [0.15, 0.2) is 0 Å². The Balaban J connectivity index is 2.32. The third-order valence-electron chi connectivity index (χ3n) is 2.52. The molecule has 0 unspecified atom stereocenters. The lowest BCUT2D eigenvalue weighted by molar-refractivity contribution is 0.0952. The lowest BCUT2D eigenvalue weighted by atomic mass is 10.2. The normalized spacial score (nSPS) is 10.4. The zero-order chi connectivity index (χ0) is 13.4. The first kappa shape index (κ1) is 15.6. The van der Waals surface area contributed by atoms with Gasteiger partial charge >= 0.3 is 0 Å². The second-order valence-electron chi connectivity index (χ2n) is 3.98. The number of amides is 1. The molecule has 0 saturated carbocycles. The standard InChI is InChI=1S/C13H16Br2FNO/c14-7-3-1-2-4-8-17-13(18)11-6-5-10(16)9-12(11)15/h5-6,9H,1-4,7-8H2,(H,17,18). The van der Waals surface area contributed by atoms with Gasteiger partial charge in [-0.2, -0.15) is 0 Å². The number of rotatable bonds is 7. The largest absolute Gasteiger partial charge is 0.352 e. The van der Waals surface area contributed by atoms with Crippen LogP contribution in [0.5, 0.6) is 0 Å². The summed E-state index contributed by atoms with van der Waals surface area (Å²) in [7, 11) is 0. The predicted molar refractivity (Wildman–Crippen MR) is 78.7 cm³/mol. The lowest BCUT2D eigenvalue weighted by Crippen LogP contribution is -2.24. The fraction of sp³-hybridized carbons (Fsp3) is 0.462. The number of unbranched alkanes of at least 4 members (excludes halogenated alkanes) is 3. The van der Waals surface area contributed by atoms with E-state index in [9.17, 15) is 9.18 Å². The summed E-state index contributed by atoms with van der Waals surface area (Å²) in [6.45, 7) is 0.658. The first-order chi connectivity index (χ1) is 8.65. The maximum absolute atomic E-state index is 12.9. The molecule has 0 atom stereocenters. The third kappa shape index (κ3) is 5.48. The Morgan fingerprint density at radius 3 is 2.61 bits per heavy atom. The highest BCUT2D eigenvalue weighted by molar-refractivity contribution is 9.10. The topological polar surface area (TPSA) is 29.1 Å². The predicted octanol–water partition coefficient (Wildman–Crippen LogP) is 4.27. The van der Waals surface area contributed by atoms with E-state index in [1.165, 1.54) is 24.6 Å². The molecule has 18 heavy (non-hydrogen) atoms. The summed E-state index contributed by atoms with van der Waals surface area (Å²) >= 11 is 6.57. The maximum atomic E-state index is 12.9. The SMILES string of the molecule is O=C(NCCCCCCBr)c1ccc(F)cc1Br. The molecule has 1 amide bonds. The van der Waals surface area contributed by atoms with Crippen molar-refractivity contribution in [1.29, 1.82) is 0 Å². The Morgan fingerprint density at radius 2 is 1.94 bits per heavy atom. The van der Waals surface area contributed by atoms with Crippen LogP contribution in [0.4, 0.5) is 4.39 Å². The number of carbonyl (C=O) groups excluding carboxylic acids is 1. The van der Waals surface area contributed by atoms with E-state index in [2.05, 4.69) is 37.2 Å². The molecule has 1 aromatic rings. The number of benzene rings is 1. The van der Waals surface area contributed by atoms with Crippen molar-refractivity contribution in [3.63, 3.8) is 0 Å². The summed E-state index contributed by atoms with van der Waals surface area (Å²) < 4.78 is 13.4. The summed E-state index contributed by atoms with van der Waals surface area (Å²) in [6, 6.07) is 4.07. The van der Waals surface area contributed by atoms with E-state index < -0.39 is 0 Å². The van der Waals surface area contributed by atoms with Crippen molar-refractivity contribution >= 4 is 37.8 Å². The summed E-state index contributed by atoms with van der Waals surface area (Å²) in [5, 5.41) is 3.86. The van der Waals surface area contributed by atoms with Gasteiger partial charge in [0.2, 0.25) is 0 Å². The first-order valence-corrected chi connectivity index (χ1v) is 7.86. The molecule has 0 aliphatic heterocycles. The Hall–Kier alpha value is -0.420. The van der Waals surface area contributed by atoms with Crippen molar-refractivity contribution < 1.29 is 9.18 Å². The molecule has 0 bridgehead atoms. The van der Waals surface area contributed by atoms with Crippen LogP contribution in [-0.2, 0) is 0 Å². The summed E-state index contributed by atoms with van der Waals surface area (Å²) in [4.78, 5) is 11.8. The van der Waals surface area contributed by atoms with Crippen LogP contribution in [0.15, 0.2) is 22.7 Å². The molecular formula is C13H16Br2FNO. The highest BCUT2D eigenvalue weighted by atomic mass is 79.9. The molecule has 0 fully saturated rings. The van der Waals surface area contributed by atoms with Crippen LogP contribution in [0.25, 0.3) is 0 Å². The molecule has 1 N–H and O–H groups in total. The summed E-state index contributed by atoms with van der Waals surface area (Å²) in [6.07, 6.45) is 4.41. The molecule has 0 spiro atoms. The van der Waals surface area contributed by atoms with Gasteiger partial charge in [0, 0.05) is 16.3 Å². The highest BCUT2D eigenvalue weighted by Gasteiger charge is 2.09. The van der Waals surface area contributed by atoms with Crippen LogP contribution < -0.4 is 5.32 Å². The number of alkyl halides is 1. The molecule has 1 rings (SSSR count). The van der Waals surface area contributed by atoms with Gasteiger partial charge in [0.05, 0.1) is 5.56 Å². The monoisotopic (exact) mass is 379 g/mol. The molecule has 1 aromatic carbocycles. The quantitative estimate of drug-likeness (QED) is 0.555. The minimum atomic E-state index is -0.354. The molecule has 0 aliphatic carbocycles. The third-order valence-corrected chi connectivity index (χ3v) is 3.74. The Kier molecular flexibility index (Phi) is 7.51. The summed E-state index contributed by atoms with van der Waals surface area (Å²) in [5.74, 6) is -0.518. The minimum Gasteiger partial charge on any atom is -0.352 e. The number of halogens is 3. The fourth-order valence-corrected chi connectivity index (χ4v) is 2.47.